The number of benzene rings is 3. The van der Waals surface area contributed by atoms with Gasteiger partial charge in [0.2, 0.25) is 0 Å². The summed E-state index contributed by atoms with van der Waals surface area (Å²) in [5.41, 5.74) is 8.25. The van der Waals surface area contributed by atoms with E-state index in [4.69, 9.17) is 19.9 Å². The molecule has 0 fully saturated rings. The van der Waals surface area contributed by atoms with Crippen molar-refractivity contribution in [2.24, 2.45) is 5.73 Å². The number of hydrogen-bond acceptors (Lipinski definition) is 6. The number of aromatic nitrogens is 1. The fourth-order valence-corrected chi connectivity index (χ4v) is 4.38. The van der Waals surface area contributed by atoms with Gasteiger partial charge in [0.15, 0.2) is 11.5 Å². The van der Waals surface area contributed by atoms with Crippen LogP contribution in [0.15, 0.2) is 54.7 Å². The number of fused-ring (bicyclic) bond motifs is 4. The number of rotatable bonds is 7. The van der Waals surface area contributed by atoms with Gasteiger partial charge in [-0.25, -0.2) is 0 Å². The Morgan fingerprint density at radius 2 is 2.03 bits per heavy atom. The van der Waals surface area contributed by atoms with Crippen molar-refractivity contribution in [3.8, 4) is 23.0 Å². The Morgan fingerprint density at radius 3 is 2.83 bits per heavy atom. The molecule has 1 aliphatic rings. The summed E-state index contributed by atoms with van der Waals surface area (Å²) in [7, 11) is 1.63. The van der Waals surface area contributed by atoms with E-state index in [9.17, 15) is 4.79 Å². The maximum absolute atomic E-state index is 12.2. The second-order valence-corrected chi connectivity index (χ2v) is 9.44. The van der Waals surface area contributed by atoms with Crippen molar-refractivity contribution in [3.05, 3.63) is 65.9 Å². The van der Waals surface area contributed by atoms with E-state index in [0.717, 1.165) is 45.8 Å². The van der Waals surface area contributed by atoms with Gasteiger partial charge in [-0.15, -0.1) is 0 Å². The van der Waals surface area contributed by atoms with Crippen LogP contribution in [0, 0.1) is 0 Å². The average molecular weight is 472 g/mol. The summed E-state index contributed by atoms with van der Waals surface area (Å²) in [6.45, 7) is 5.04. The van der Waals surface area contributed by atoms with Gasteiger partial charge in [-0.1, -0.05) is 12.1 Å². The van der Waals surface area contributed by atoms with Crippen LogP contribution in [-0.2, 0) is 6.42 Å². The quantitative estimate of drug-likeness (QED) is 0.395. The standard InChI is InChI=1S/C28H29N3O4/c1-28(2,29)11-14-33-24-16-22-25(21-10-13-34-26(21)24)23(9-12-31-22)35-18-7-8-19-17(15-18)5-4-6-20(19)27(32)30-3/h4-9,12,15-16H,10-11,13-14,29H2,1-3H3,(H,30,32). The van der Waals surface area contributed by atoms with Crippen molar-refractivity contribution >= 4 is 27.6 Å². The Balaban J connectivity index is 1.50. The first-order valence-electron chi connectivity index (χ1n) is 11.8. The average Bonchev–Trinajstić information content (AvgIpc) is 3.32. The van der Waals surface area contributed by atoms with Crippen molar-refractivity contribution in [1.82, 2.24) is 10.3 Å². The fraction of sp³-hybridized carbons (Fsp3) is 0.286. The zero-order valence-electron chi connectivity index (χ0n) is 20.2. The summed E-state index contributed by atoms with van der Waals surface area (Å²) >= 11 is 0. The van der Waals surface area contributed by atoms with E-state index in [1.54, 1.807) is 13.2 Å². The summed E-state index contributed by atoms with van der Waals surface area (Å²) in [5, 5.41) is 5.41. The van der Waals surface area contributed by atoms with Crippen molar-refractivity contribution in [2.45, 2.75) is 32.2 Å². The molecule has 1 aliphatic heterocycles. The van der Waals surface area contributed by atoms with Crippen LogP contribution >= 0.6 is 0 Å². The highest BCUT2D eigenvalue weighted by Crippen LogP contribution is 2.44. The van der Waals surface area contributed by atoms with Gasteiger partial charge in [0, 0.05) is 42.4 Å². The van der Waals surface area contributed by atoms with Crippen molar-refractivity contribution in [2.75, 3.05) is 20.3 Å². The summed E-state index contributed by atoms with van der Waals surface area (Å²) in [6.07, 6.45) is 3.21. The van der Waals surface area contributed by atoms with Crippen LogP contribution in [0.1, 0.15) is 36.2 Å². The Labute approximate surface area is 204 Å². The second-order valence-electron chi connectivity index (χ2n) is 9.44. The highest BCUT2D eigenvalue weighted by atomic mass is 16.5. The van der Waals surface area contributed by atoms with Gasteiger partial charge >= 0.3 is 0 Å². The molecule has 4 aromatic rings. The third kappa shape index (κ3) is 4.59. The highest BCUT2D eigenvalue weighted by molar-refractivity contribution is 6.07. The van der Waals surface area contributed by atoms with Crippen molar-refractivity contribution in [1.29, 1.82) is 0 Å². The molecule has 0 aliphatic carbocycles. The maximum Gasteiger partial charge on any atom is 0.251 e. The Hall–Kier alpha value is -3.84. The number of carbonyl (C=O) groups excluding carboxylic acids is 1. The lowest BCUT2D eigenvalue weighted by Crippen LogP contribution is -2.33. The number of hydrogen-bond donors (Lipinski definition) is 2. The minimum atomic E-state index is -0.304. The fourth-order valence-electron chi connectivity index (χ4n) is 4.38. The van der Waals surface area contributed by atoms with Gasteiger partial charge in [0.25, 0.3) is 5.91 Å². The molecule has 0 radical (unpaired) electrons. The van der Waals surface area contributed by atoms with Gasteiger partial charge in [0.1, 0.15) is 11.5 Å². The summed E-state index contributed by atoms with van der Waals surface area (Å²) < 4.78 is 18.4. The second kappa shape index (κ2) is 9.07. The Bertz CT molecular complexity index is 1430. The number of nitrogens with one attached hydrogen (secondary N) is 1. The predicted octanol–water partition coefficient (Wildman–Crippen LogP) is 4.98. The van der Waals surface area contributed by atoms with E-state index >= 15 is 0 Å². The molecule has 2 heterocycles. The maximum atomic E-state index is 12.2. The number of carbonyl (C=O) groups is 1. The molecule has 0 saturated heterocycles. The molecule has 0 saturated carbocycles. The highest BCUT2D eigenvalue weighted by Gasteiger charge is 2.25. The monoisotopic (exact) mass is 471 g/mol. The van der Waals surface area contributed by atoms with E-state index in [0.29, 0.717) is 36.0 Å². The van der Waals surface area contributed by atoms with Gasteiger partial charge in [-0.3, -0.25) is 9.78 Å². The van der Waals surface area contributed by atoms with Crippen LogP contribution in [0.2, 0.25) is 0 Å². The smallest absolute Gasteiger partial charge is 0.251 e. The molecular formula is C28H29N3O4. The normalized spacial score (nSPS) is 12.9. The molecule has 3 N–H and O–H groups in total. The number of pyridine rings is 1. The van der Waals surface area contributed by atoms with Gasteiger partial charge in [0.05, 0.1) is 24.1 Å². The van der Waals surface area contributed by atoms with Gasteiger partial charge in [-0.05, 0) is 61.4 Å². The van der Waals surface area contributed by atoms with Crippen LogP contribution in [0.5, 0.6) is 23.0 Å². The molecular weight excluding hydrogens is 442 g/mol. The molecule has 0 bridgehead atoms. The third-order valence-corrected chi connectivity index (χ3v) is 6.16. The molecule has 7 nitrogen and oxygen atoms in total. The number of nitrogens with zero attached hydrogens (tertiary/aromatic N) is 1. The lowest BCUT2D eigenvalue weighted by molar-refractivity contribution is 0.0964. The van der Waals surface area contributed by atoms with Crippen LogP contribution in [0.25, 0.3) is 21.7 Å². The van der Waals surface area contributed by atoms with Crippen LogP contribution in [-0.4, -0.2) is 36.7 Å². The lowest BCUT2D eigenvalue weighted by Gasteiger charge is -2.19. The third-order valence-electron chi connectivity index (χ3n) is 6.16. The van der Waals surface area contributed by atoms with Crippen LogP contribution < -0.4 is 25.3 Å². The minimum absolute atomic E-state index is 0.118. The van der Waals surface area contributed by atoms with Crippen LogP contribution in [0.4, 0.5) is 0 Å². The predicted molar refractivity (Wildman–Crippen MR) is 137 cm³/mol. The molecule has 1 amide bonds. The largest absolute Gasteiger partial charge is 0.490 e. The summed E-state index contributed by atoms with van der Waals surface area (Å²) in [6, 6.07) is 15.2. The van der Waals surface area contributed by atoms with Gasteiger partial charge < -0.3 is 25.3 Å². The SMILES string of the molecule is CNC(=O)c1cccc2cc(Oc3ccnc4cc(OCCC(C)(C)N)c5c(c34)CCO5)ccc12. The molecule has 7 heteroatoms. The molecule has 0 unspecified atom stereocenters. The van der Waals surface area contributed by atoms with Crippen LogP contribution in [0.3, 0.4) is 0 Å². The molecule has 1 aromatic heterocycles. The van der Waals surface area contributed by atoms with Gasteiger partial charge in [-0.2, -0.15) is 0 Å². The Morgan fingerprint density at radius 1 is 1.17 bits per heavy atom. The number of ether oxygens (including phenoxy) is 3. The lowest BCUT2D eigenvalue weighted by atomic mass is 10.0. The first-order valence-corrected chi connectivity index (χ1v) is 11.8. The van der Waals surface area contributed by atoms with E-state index in [1.807, 2.05) is 62.4 Å². The molecule has 180 valence electrons. The van der Waals surface area contributed by atoms with E-state index < -0.39 is 0 Å². The zero-order chi connectivity index (χ0) is 24.6. The van der Waals surface area contributed by atoms with Crippen molar-refractivity contribution in [3.63, 3.8) is 0 Å². The molecule has 3 aromatic carbocycles. The van der Waals surface area contributed by atoms with E-state index in [-0.39, 0.29) is 11.4 Å². The first kappa shape index (κ1) is 22.9. The topological polar surface area (TPSA) is 95.7 Å². The number of amides is 1. The van der Waals surface area contributed by atoms with E-state index in [1.165, 1.54) is 0 Å². The summed E-state index contributed by atoms with van der Waals surface area (Å²) in [5.74, 6) is 2.70. The van der Waals surface area contributed by atoms with E-state index in [2.05, 4.69) is 10.3 Å². The Kier molecular flexibility index (Phi) is 5.94. The molecule has 35 heavy (non-hydrogen) atoms. The number of nitrogens with two attached hydrogens (primary N) is 1. The van der Waals surface area contributed by atoms with Crippen molar-refractivity contribution < 1.29 is 19.0 Å². The molecule has 0 spiro atoms. The molecule has 5 rings (SSSR count). The minimum Gasteiger partial charge on any atom is -0.490 e. The summed E-state index contributed by atoms with van der Waals surface area (Å²) in [4.78, 5) is 16.8. The zero-order valence-corrected chi connectivity index (χ0v) is 20.2. The molecule has 0 atom stereocenters. The first-order chi connectivity index (χ1) is 16.8.